The van der Waals surface area contributed by atoms with Gasteiger partial charge >= 0.3 is 5.63 Å². The molecule has 3 heteroatoms. The predicted octanol–water partition coefficient (Wildman–Crippen LogP) is 3.36. The molecule has 1 unspecified atom stereocenters. The number of hydrogen-bond acceptors (Lipinski definition) is 3. The van der Waals surface area contributed by atoms with Crippen molar-refractivity contribution in [1.82, 2.24) is 0 Å². The number of rotatable bonds is 1. The first-order valence-corrected chi connectivity index (χ1v) is 6.54. The fraction of sp³-hybridized carbons (Fsp3) is 0.615. The molecule has 0 fully saturated rings. The molecule has 0 aromatic carbocycles. The van der Waals surface area contributed by atoms with Crippen LogP contribution in [0, 0.1) is 12.8 Å². The van der Waals surface area contributed by atoms with Crippen molar-refractivity contribution < 1.29 is 4.42 Å². The Bertz CT molecular complexity index is 471. The number of hydrogen-bond donors (Lipinski definition) is 0. The zero-order chi connectivity index (χ0) is 12.1. The lowest BCUT2D eigenvalue weighted by atomic mass is 9.78. The highest BCUT2D eigenvalue weighted by Crippen LogP contribution is 2.50. The van der Waals surface area contributed by atoms with Crippen molar-refractivity contribution >= 4 is 11.8 Å². The van der Waals surface area contributed by atoms with Crippen LogP contribution in [0.3, 0.4) is 0 Å². The summed E-state index contributed by atoms with van der Waals surface area (Å²) >= 11 is 1.82. The van der Waals surface area contributed by atoms with Gasteiger partial charge < -0.3 is 4.42 Å². The molecule has 2 nitrogen and oxygen atoms in total. The van der Waals surface area contributed by atoms with Gasteiger partial charge in [-0.3, -0.25) is 0 Å². The maximum Gasteiger partial charge on any atom is 0.340 e. The van der Waals surface area contributed by atoms with Crippen LogP contribution in [0.2, 0.25) is 0 Å². The molecule has 0 spiro atoms. The van der Waals surface area contributed by atoms with Crippen LogP contribution >= 0.6 is 11.8 Å². The zero-order valence-corrected chi connectivity index (χ0v) is 11.3. The fourth-order valence-corrected chi connectivity index (χ4v) is 4.31. The highest BCUT2D eigenvalue weighted by Gasteiger charge is 2.44. The van der Waals surface area contributed by atoms with Crippen molar-refractivity contribution in [2.45, 2.75) is 50.2 Å². The van der Waals surface area contributed by atoms with Gasteiger partial charge in [0.1, 0.15) is 5.76 Å². The first-order valence-electron chi connectivity index (χ1n) is 5.66. The van der Waals surface area contributed by atoms with E-state index in [0.717, 1.165) is 10.5 Å². The van der Waals surface area contributed by atoms with Crippen molar-refractivity contribution in [3.8, 4) is 0 Å². The van der Waals surface area contributed by atoms with Crippen molar-refractivity contribution in [2.24, 2.45) is 5.92 Å². The molecule has 0 saturated heterocycles. The van der Waals surface area contributed by atoms with Gasteiger partial charge in [-0.2, -0.15) is 0 Å². The molecule has 16 heavy (non-hydrogen) atoms. The minimum Gasteiger partial charge on any atom is -0.428 e. The Morgan fingerprint density at radius 2 is 2.06 bits per heavy atom. The Hall–Kier alpha value is -0.700. The molecule has 0 N–H and O–H groups in total. The second-order valence-electron chi connectivity index (χ2n) is 5.39. The largest absolute Gasteiger partial charge is 0.428 e. The Morgan fingerprint density at radius 1 is 1.44 bits per heavy atom. The van der Waals surface area contributed by atoms with E-state index in [-0.39, 0.29) is 11.0 Å². The van der Waals surface area contributed by atoms with Crippen LogP contribution in [-0.4, -0.2) is 5.25 Å². The molecule has 2 rings (SSSR count). The third kappa shape index (κ3) is 1.61. The van der Waals surface area contributed by atoms with Crippen LogP contribution in [0.25, 0.3) is 0 Å². The monoisotopic (exact) mass is 238 g/mol. The summed E-state index contributed by atoms with van der Waals surface area (Å²) in [7, 11) is 0. The number of fused-ring (bicyclic) bond motifs is 1. The summed E-state index contributed by atoms with van der Waals surface area (Å²) in [6.45, 7) is 10.5. The van der Waals surface area contributed by atoms with E-state index < -0.39 is 0 Å². The maximum atomic E-state index is 11.9. The second-order valence-corrected chi connectivity index (χ2v) is 6.57. The molecule has 1 aliphatic heterocycles. The summed E-state index contributed by atoms with van der Waals surface area (Å²) in [6.07, 6.45) is 0. The van der Waals surface area contributed by atoms with Gasteiger partial charge in [0.05, 0.1) is 5.56 Å². The highest BCUT2D eigenvalue weighted by atomic mass is 32.2. The Morgan fingerprint density at radius 3 is 2.62 bits per heavy atom. The van der Waals surface area contributed by atoms with Gasteiger partial charge in [-0.1, -0.05) is 27.7 Å². The van der Waals surface area contributed by atoms with Crippen LogP contribution in [0.4, 0.5) is 0 Å². The Balaban J connectivity index is 2.61. The SMILES string of the molecule is Cc1cc2c(c(=O)o1)C(C)(C)C(C(C)C)S2. The summed E-state index contributed by atoms with van der Waals surface area (Å²) in [4.78, 5) is 13.0. The minimum atomic E-state index is -0.157. The van der Waals surface area contributed by atoms with E-state index in [1.807, 2.05) is 24.8 Å². The van der Waals surface area contributed by atoms with Gasteiger partial charge in [0.15, 0.2) is 0 Å². The molecule has 0 bridgehead atoms. The molecule has 1 aliphatic rings. The summed E-state index contributed by atoms with van der Waals surface area (Å²) in [6, 6.07) is 1.99. The van der Waals surface area contributed by atoms with Crippen LogP contribution in [0.15, 0.2) is 20.2 Å². The van der Waals surface area contributed by atoms with Crippen molar-refractivity contribution in [2.75, 3.05) is 0 Å². The van der Waals surface area contributed by atoms with Gasteiger partial charge in [0.2, 0.25) is 0 Å². The molecule has 0 saturated carbocycles. The van der Waals surface area contributed by atoms with Crippen LogP contribution < -0.4 is 5.63 Å². The number of aryl methyl sites for hydroxylation is 1. The number of thioether (sulfide) groups is 1. The van der Waals surface area contributed by atoms with Gasteiger partial charge in [0.25, 0.3) is 0 Å². The van der Waals surface area contributed by atoms with E-state index in [1.165, 1.54) is 0 Å². The van der Waals surface area contributed by atoms with Gasteiger partial charge in [-0.15, -0.1) is 11.8 Å². The summed E-state index contributed by atoms with van der Waals surface area (Å²) in [5.41, 5.74) is 0.611. The molecule has 1 atom stereocenters. The van der Waals surface area contributed by atoms with E-state index in [0.29, 0.717) is 16.9 Å². The maximum absolute atomic E-state index is 11.9. The molecule has 0 aliphatic carbocycles. The quantitative estimate of drug-likeness (QED) is 0.751. The lowest BCUT2D eigenvalue weighted by molar-refractivity contribution is 0.391. The van der Waals surface area contributed by atoms with Crippen molar-refractivity contribution in [3.63, 3.8) is 0 Å². The molecule has 1 aromatic rings. The van der Waals surface area contributed by atoms with Crippen molar-refractivity contribution in [3.05, 3.63) is 27.8 Å². The van der Waals surface area contributed by atoms with Crippen LogP contribution in [0.1, 0.15) is 39.0 Å². The molecule has 1 aromatic heterocycles. The fourth-order valence-electron chi connectivity index (χ4n) is 2.65. The highest BCUT2D eigenvalue weighted by molar-refractivity contribution is 8.00. The van der Waals surface area contributed by atoms with Crippen LogP contribution in [0.5, 0.6) is 0 Å². The minimum absolute atomic E-state index is 0.0948. The first-order chi connectivity index (χ1) is 7.34. The van der Waals surface area contributed by atoms with Gasteiger partial charge in [0, 0.05) is 15.6 Å². The molecule has 88 valence electrons. The normalized spacial score (nSPS) is 22.5. The summed E-state index contributed by atoms with van der Waals surface area (Å²) in [5, 5.41) is 0.451. The van der Waals surface area contributed by atoms with E-state index >= 15 is 0 Å². The van der Waals surface area contributed by atoms with E-state index in [2.05, 4.69) is 27.7 Å². The molecule has 0 radical (unpaired) electrons. The summed E-state index contributed by atoms with van der Waals surface area (Å²) < 4.78 is 5.21. The Labute approximate surface area is 100 Å². The lowest BCUT2D eigenvalue weighted by Crippen LogP contribution is -2.34. The smallest absolute Gasteiger partial charge is 0.340 e. The Kier molecular flexibility index (Phi) is 2.69. The molecular formula is C13H18O2S. The molecule has 2 heterocycles. The third-order valence-corrected chi connectivity index (χ3v) is 5.22. The van der Waals surface area contributed by atoms with Gasteiger partial charge in [-0.05, 0) is 18.9 Å². The summed E-state index contributed by atoms with van der Waals surface area (Å²) in [5.74, 6) is 1.25. The average Bonchev–Trinajstić information content (AvgIpc) is 2.36. The average molecular weight is 238 g/mol. The van der Waals surface area contributed by atoms with E-state index in [9.17, 15) is 4.79 Å². The van der Waals surface area contributed by atoms with Crippen LogP contribution in [-0.2, 0) is 5.41 Å². The standard InChI is InChI=1S/C13H18O2S/c1-7(2)11-13(4,5)10-9(16-11)6-8(3)15-12(10)14/h6-7,11H,1-5H3. The zero-order valence-electron chi connectivity index (χ0n) is 10.5. The lowest BCUT2D eigenvalue weighted by Gasteiger charge is -2.29. The molecule has 0 amide bonds. The molecular weight excluding hydrogens is 220 g/mol. The predicted molar refractivity (Wildman–Crippen MR) is 67.2 cm³/mol. The van der Waals surface area contributed by atoms with Gasteiger partial charge in [-0.25, -0.2) is 4.79 Å². The topological polar surface area (TPSA) is 30.2 Å². The third-order valence-electron chi connectivity index (χ3n) is 3.25. The van der Waals surface area contributed by atoms with E-state index in [4.69, 9.17) is 4.42 Å². The first kappa shape index (κ1) is 11.8. The van der Waals surface area contributed by atoms with Crippen molar-refractivity contribution in [1.29, 1.82) is 0 Å². The second kappa shape index (κ2) is 3.66. The van der Waals surface area contributed by atoms with E-state index in [1.54, 1.807) is 0 Å².